The summed E-state index contributed by atoms with van der Waals surface area (Å²) in [4.78, 5) is 24.9. The van der Waals surface area contributed by atoms with Gasteiger partial charge in [0.2, 0.25) is 5.91 Å². The SMILES string of the molecule is CCCCCCc1ccc(NC(=O)C2CC=C[C@@H]3CCOC(=O)[C@H]23)cc1. The molecule has 26 heavy (non-hydrogen) atoms. The third kappa shape index (κ3) is 4.54. The van der Waals surface area contributed by atoms with Crippen molar-refractivity contribution in [2.45, 2.75) is 51.9 Å². The summed E-state index contributed by atoms with van der Waals surface area (Å²) in [7, 11) is 0. The Balaban J connectivity index is 1.57. The van der Waals surface area contributed by atoms with Crippen LogP contribution in [0.25, 0.3) is 0 Å². The number of anilines is 1. The summed E-state index contributed by atoms with van der Waals surface area (Å²) in [5.74, 6) is -0.864. The number of carbonyl (C=O) groups excluding carboxylic acids is 2. The maximum absolute atomic E-state index is 12.7. The minimum absolute atomic E-state index is 0.0844. The average Bonchev–Trinajstić information content (AvgIpc) is 2.66. The number of aryl methyl sites for hydroxylation is 1. The molecule has 1 saturated heterocycles. The lowest BCUT2D eigenvalue weighted by Gasteiger charge is -2.35. The Labute approximate surface area is 156 Å². The van der Waals surface area contributed by atoms with E-state index in [2.05, 4.69) is 30.4 Å². The van der Waals surface area contributed by atoms with E-state index in [9.17, 15) is 9.59 Å². The molecule has 140 valence electrons. The van der Waals surface area contributed by atoms with Crippen LogP contribution >= 0.6 is 0 Å². The van der Waals surface area contributed by atoms with E-state index in [0.29, 0.717) is 13.0 Å². The number of rotatable bonds is 7. The van der Waals surface area contributed by atoms with Crippen molar-refractivity contribution in [3.05, 3.63) is 42.0 Å². The van der Waals surface area contributed by atoms with Gasteiger partial charge in [0.15, 0.2) is 0 Å². The third-order valence-electron chi connectivity index (χ3n) is 5.51. The number of hydrogen-bond donors (Lipinski definition) is 1. The van der Waals surface area contributed by atoms with Crippen LogP contribution in [0, 0.1) is 17.8 Å². The van der Waals surface area contributed by atoms with E-state index >= 15 is 0 Å². The van der Waals surface area contributed by atoms with Crippen molar-refractivity contribution in [3.63, 3.8) is 0 Å². The Hall–Kier alpha value is -2.10. The number of nitrogens with one attached hydrogen (secondary N) is 1. The van der Waals surface area contributed by atoms with Gasteiger partial charge < -0.3 is 10.1 Å². The van der Waals surface area contributed by atoms with Crippen molar-refractivity contribution >= 4 is 17.6 Å². The van der Waals surface area contributed by atoms with Gasteiger partial charge in [-0.25, -0.2) is 0 Å². The van der Waals surface area contributed by atoms with Gasteiger partial charge in [-0.3, -0.25) is 9.59 Å². The molecule has 1 aliphatic carbocycles. The van der Waals surface area contributed by atoms with E-state index < -0.39 is 0 Å². The Morgan fingerprint density at radius 2 is 2.00 bits per heavy atom. The number of amides is 1. The molecular formula is C22H29NO3. The van der Waals surface area contributed by atoms with Crippen molar-refractivity contribution < 1.29 is 14.3 Å². The molecule has 3 atom stereocenters. The Morgan fingerprint density at radius 1 is 1.19 bits per heavy atom. The number of carbonyl (C=O) groups is 2. The molecule has 0 radical (unpaired) electrons. The predicted molar refractivity (Wildman–Crippen MR) is 103 cm³/mol. The zero-order chi connectivity index (χ0) is 18.4. The van der Waals surface area contributed by atoms with Crippen LogP contribution in [0.1, 0.15) is 51.0 Å². The van der Waals surface area contributed by atoms with E-state index in [4.69, 9.17) is 4.74 Å². The first kappa shape index (κ1) is 18.7. The Kier molecular flexibility index (Phi) is 6.48. The first-order chi connectivity index (χ1) is 12.7. The van der Waals surface area contributed by atoms with Gasteiger partial charge in [-0.1, -0.05) is 50.5 Å². The highest BCUT2D eigenvalue weighted by molar-refractivity contribution is 5.95. The highest BCUT2D eigenvalue weighted by atomic mass is 16.5. The van der Waals surface area contributed by atoms with Gasteiger partial charge in [0, 0.05) is 5.69 Å². The van der Waals surface area contributed by atoms with Crippen LogP contribution in [0.2, 0.25) is 0 Å². The van der Waals surface area contributed by atoms with Gasteiger partial charge in [-0.15, -0.1) is 0 Å². The lowest BCUT2D eigenvalue weighted by Crippen LogP contribution is -2.43. The first-order valence-electron chi connectivity index (χ1n) is 9.92. The highest BCUT2D eigenvalue weighted by Crippen LogP contribution is 2.36. The smallest absolute Gasteiger partial charge is 0.310 e. The van der Waals surface area contributed by atoms with Crippen LogP contribution < -0.4 is 5.32 Å². The summed E-state index contributed by atoms with van der Waals surface area (Å²) >= 11 is 0. The van der Waals surface area contributed by atoms with Gasteiger partial charge in [0.25, 0.3) is 0 Å². The molecule has 2 aliphatic rings. The second-order valence-electron chi connectivity index (χ2n) is 7.41. The third-order valence-corrected chi connectivity index (χ3v) is 5.51. The molecule has 4 nitrogen and oxygen atoms in total. The number of ether oxygens (including phenoxy) is 1. The molecule has 3 rings (SSSR count). The standard InChI is InChI=1S/C22H29NO3/c1-2-3-4-5-7-16-10-12-18(13-11-16)23-21(24)19-9-6-8-17-14-15-26-22(25)20(17)19/h6,8,10-13,17,19-20H,2-5,7,9,14-15H2,1H3,(H,23,24)/t17-,19?,20+/m1/s1. The molecular weight excluding hydrogens is 326 g/mol. The van der Waals surface area contributed by atoms with Crippen LogP contribution in [0.3, 0.4) is 0 Å². The van der Waals surface area contributed by atoms with Crippen LogP contribution in [-0.2, 0) is 20.7 Å². The topological polar surface area (TPSA) is 55.4 Å². The van der Waals surface area contributed by atoms with Gasteiger partial charge >= 0.3 is 5.97 Å². The average molecular weight is 355 g/mol. The molecule has 4 heteroatoms. The second kappa shape index (κ2) is 9.02. The van der Waals surface area contributed by atoms with Crippen molar-refractivity contribution in [3.8, 4) is 0 Å². The van der Waals surface area contributed by atoms with Crippen molar-refractivity contribution in [2.75, 3.05) is 11.9 Å². The first-order valence-corrected chi connectivity index (χ1v) is 9.92. The predicted octanol–water partition coefficient (Wildman–Crippen LogP) is 4.50. The molecule has 1 fully saturated rings. The van der Waals surface area contributed by atoms with Crippen LogP contribution in [-0.4, -0.2) is 18.5 Å². The number of cyclic esters (lactones) is 1. The molecule has 0 saturated carbocycles. The Bertz CT molecular complexity index is 650. The van der Waals surface area contributed by atoms with E-state index in [0.717, 1.165) is 18.5 Å². The number of fused-ring (bicyclic) bond motifs is 1. The van der Waals surface area contributed by atoms with Gasteiger partial charge in [-0.2, -0.15) is 0 Å². The summed E-state index contributed by atoms with van der Waals surface area (Å²) in [5.41, 5.74) is 2.10. The van der Waals surface area contributed by atoms with E-state index in [1.807, 2.05) is 18.2 Å². The number of allylic oxidation sites excluding steroid dienone is 2. The number of hydrogen-bond acceptors (Lipinski definition) is 3. The van der Waals surface area contributed by atoms with E-state index in [-0.39, 0.29) is 29.6 Å². The summed E-state index contributed by atoms with van der Waals surface area (Å²) in [6.07, 6.45) is 11.6. The molecule has 0 bridgehead atoms. The number of unbranched alkanes of at least 4 members (excludes halogenated alkanes) is 3. The fourth-order valence-electron chi connectivity index (χ4n) is 3.99. The lowest BCUT2D eigenvalue weighted by atomic mass is 9.73. The minimum atomic E-state index is -0.341. The number of esters is 1. The molecule has 1 aliphatic heterocycles. The summed E-state index contributed by atoms with van der Waals surface area (Å²) in [6.45, 7) is 2.67. The highest BCUT2D eigenvalue weighted by Gasteiger charge is 2.43. The summed E-state index contributed by atoms with van der Waals surface area (Å²) < 4.78 is 5.20. The largest absolute Gasteiger partial charge is 0.465 e. The monoisotopic (exact) mass is 355 g/mol. The maximum Gasteiger partial charge on any atom is 0.310 e. The molecule has 1 heterocycles. The fourth-order valence-corrected chi connectivity index (χ4v) is 3.99. The molecule has 1 aromatic carbocycles. The van der Waals surface area contributed by atoms with Gasteiger partial charge in [0.1, 0.15) is 0 Å². The van der Waals surface area contributed by atoms with Gasteiger partial charge in [-0.05, 0) is 49.3 Å². The zero-order valence-electron chi connectivity index (χ0n) is 15.6. The second-order valence-corrected chi connectivity index (χ2v) is 7.41. The van der Waals surface area contributed by atoms with Crippen molar-refractivity contribution in [2.24, 2.45) is 17.8 Å². The summed E-state index contributed by atoms with van der Waals surface area (Å²) in [6, 6.07) is 8.09. The zero-order valence-corrected chi connectivity index (χ0v) is 15.6. The number of benzene rings is 1. The van der Waals surface area contributed by atoms with E-state index in [1.54, 1.807) is 0 Å². The molecule has 0 aromatic heterocycles. The van der Waals surface area contributed by atoms with Crippen LogP contribution in [0.5, 0.6) is 0 Å². The Morgan fingerprint density at radius 3 is 2.77 bits per heavy atom. The lowest BCUT2D eigenvalue weighted by molar-refractivity contribution is -0.160. The molecule has 1 N–H and O–H groups in total. The molecule has 0 spiro atoms. The maximum atomic E-state index is 12.7. The minimum Gasteiger partial charge on any atom is -0.465 e. The molecule has 1 amide bonds. The quantitative estimate of drug-likeness (QED) is 0.445. The normalized spacial score (nSPS) is 24.7. The summed E-state index contributed by atoms with van der Waals surface area (Å²) in [5, 5.41) is 2.99. The van der Waals surface area contributed by atoms with Crippen molar-refractivity contribution in [1.82, 2.24) is 0 Å². The van der Waals surface area contributed by atoms with Gasteiger partial charge in [0.05, 0.1) is 18.4 Å². The van der Waals surface area contributed by atoms with Crippen LogP contribution in [0.15, 0.2) is 36.4 Å². The molecule has 1 unspecified atom stereocenters. The van der Waals surface area contributed by atoms with Crippen LogP contribution in [0.4, 0.5) is 5.69 Å². The fraction of sp³-hybridized carbons (Fsp3) is 0.545. The molecule has 1 aromatic rings. The van der Waals surface area contributed by atoms with Crippen molar-refractivity contribution in [1.29, 1.82) is 0 Å². The van der Waals surface area contributed by atoms with E-state index in [1.165, 1.54) is 31.2 Å².